The van der Waals surface area contributed by atoms with E-state index < -0.39 is 11.6 Å². The minimum Gasteiger partial charge on any atom is -0.494 e. The molecule has 2 rings (SSSR count). The van der Waals surface area contributed by atoms with Gasteiger partial charge in [-0.15, -0.1) is 0 Å². The fraction of sp³-hybridized carbons (Fsp3) is 0.200. The van der Waals surface area contributed by atoms with Gasteiger partial charge in [0.1, 0.15) is 5.76 Å². The highest BCUT2D eigenvalue weighted by Crippen LogP contribution is 2.19. The number of ketones is 2. The van der Waals surface area contributed by atoms with Gasteiger partial charge in [-0.25, -0.2) is 4.39 Å². The third-order valence-electron chi connectivity index (χ3n) is 2.95. The molecule has 0 bridgehead atoms. The van der Waals surface area contributed by atoms with Crippen LogP contribution in [0.5, 0.6) is 5.75 Å². The lowest BCUT2D eigenvalue weighted by Crippen LogP contribution is -2.09. The van der Waals surface area contributed by atoms with Gasteiger partial charge in [0.15, 0.2) is 23.1 Å². The number of furan rings is 1. The lowest BCUT2D eigenvalue weighted by molar-refractivity contribution is 0.0893. The van der Waals surface area contributed by atoms with Crippen LogP contribution >= 0.6 is 0 Å². The molecule has 0 saturated carbocycles. The largest absolute Gasteiger partial charge is 0.494 e. The number of halogens is 1. The molecule has 1 aromatic heterocycles. The van der Waals surface area contributed by atoms with Gasteiger partial charge in [0.05, 0.1) is 25.4 Å². The number of rotatable bonds is 5. The smallest absolute Gasteiger partial charge is 0.174 e. The van der Waals surface area contributed by atoms with Gasteiger partial charge >= 0.3 is 0 Å². The van der Waals surface area contributed by atoms with Gasteiger partial charge in [-0.3, -0.25) is 9.59 Å². The summed E-state index contributed by atoms with van der Waals surface area (Å²) in [6.45, 7) is 1.64. The van der Waals surface area contributed by atoms with Gasteiger partial charge in [-0.05, 0) is 31.2 Å². The predicted molar refractivity (Wildman–Crippen MR) is 69.7 cm³/mol. The van der Waals surface area contributed by atoms with E-state index in [0.29, 0.717) is 11.3 Å². The van der Waals surface area contributed by atoms with Gasteiger partial charge < -0.3 is 9.15 Å². The first-order valence-electron chi connectivity index (χ1n) is 5.97. The second-order valence-corrected chi connectivity index (χ2v) is 4.26. The first kappa shape index (κ1) is 14.0. The standard InChI is InChI=1S/C15H13FO4/c1-9-11(5-6-20-9)14(18)8-13(17)10-3-4-15(19-2)12(16)7-10/h3-7H,8H2,1-2H3. The van der Waals surface area contributed by atoms with Crippen molar-refractivity contribution in [2.45, 2.75) is 13.3 Å². The lowest BCUT2D eigenvalue weighted by Gasteiger charge is -2.04. The second-order valence-electron chi connectivity index (χ2n) is 4.26. The highest BCUT2D eigenvalue weighted by molar-refractivity contribution is 6.13. The number of Topliss-reactive ketones (excluding diaryl/α,β-unsaturated/α-hetero) is 2. The fourth-order valence-corrected chi connectivity index (χ4v) is 1.86. The monoisotopic (exact) mass is 276 g/mol. The van der Waals surface area contributed by atoms with Crippen LogP contribution in [0.2, 0.25) is 0 Å². The van der Waals surface area contributed by atoms with E-state index in [1.54, 1.807) is 6.92 Å². The molecule has 20 heavy (non-hydrogen) atoms. The number of hydrogen-bond acceptors (Lipinski definition) is 4. The van der Waals surface area contributed by atoms with Crippen LogP contribution < -0.4 is 4.74 Å². The topological polar surface area (TPSA) is 56.5 Å². The van der Waals surface area contributed by atoms with Crippen molar-refractivity contribution in [1.29, 1.82) is 0 Å². The molecule has 0 fully saturated rings. The zero-order valence-electron chi connectivity index (χ0n) is 11.1. The molecule has 0 aliphatic heterocycles. The Morgan fingerprint density at radius 2 is 2.00 bits per heavy atom. The van der Waals surface area contributed by atoms with E-state index in [1.165, 1.54) is 31.6 Å². The van der Waals surface area contributed by atoms with Crippen molar-refractivity contribution in [1.82, 2.24) is 0 Å². The minimum atomic E-state index is -0.634. The molecule has 0 spiro atoms. The summed E-state index contributed by atoms with van der Waals surface area (Å²) in [6.07, 6.45) is 1.06. The molecule has 0 radical (unpaired) electrons. The number of aryl methyl sites for hydroxylation is 1. The summed E-state index contributed by atoms with van der Waals surface area (Å²) in [5.41, 5.74) is 0.505. The zero-order valence-corrected chi connectivity index (χ0v) is 11.1. The highest BCUT2D eigenvalue weighted by Gasteiger charge is 2.18. The number of hydrogen-bond donors (Lipinski definition) is 0. The maximum Gasteiger partial charge on any atom is 0.174 e. The van der Waals surface area contributed by atoms with Crippen molar-refractivity contribution in [3.8, 4) is 5.75 Å². The summed E-state index contributed by atoms with van der Waals surface area (Å²) in [5, 5.41) is 0. The average molecular weight is 276 g/mol. The van der Waals surface area contributed by atoms with Crippen LogP contribution in [0.1, 0.15) is 32.9 Å². The van der Waals surface area contributed by atoms with Crippen molar-refractivity contribution in [2.24, 2.45) is 0 Å². The van der Waals surface area contributed by atoms with Crippen LogP contribution in [0.3, 0.4) is 0 Å². The summed E-state index contributed by atoms with van der Waals surface area (Å²) in [4.78, 5) is 23.9. The van der Waals surface area contributed by atoms with Crippen molar-refractivity contribution in [2.75, 3.05) is 7.11 Å². The minimum absolute atomic E-state index is 0.0542. The number of methoxy groups -OCH3 is 1. The van der Waals surface area contributed by atoms with Gasteiger partial charge in [0.25, 0.3) is 0 Å². The molecule has 0 atom stereocenters. The van der Waals surface area contributed by atoms with Crippen molar-refractivity contribution >= 4 is 11.6 Å². The van der Waals surface area contributed by atoms with E-state index in [2.05, 4.69) is 0 Å². The molecular weight excluding hydrogens is 263 g/mol. The summed E-state index contributed by atoms with van der Waals surface area (Å²) in [5.74, 6) is -0.915. The summed E-state index contributed by atoms with van der Waals surface area (Å²) in [6, 6.07) is 5.37. The van der Waals surface area contributed by atoms with E-state index in [0.717, 1.165) is 6.07 Å². The van der Waals surface area contributed by atoms with Crippen LogP contribution in [0.25, 0.3) is 0 Å². The summed E-state index contributed by atoms with van der Waals surface area (Å²) in [7, 11) is 1.34. The zero-order chi connectivity index (χ0) is 14.7. The van der Waals surface area contributed by atoms with E-state index in [1.807, 2.05) is 0 Å². The van der Waals surface area contributed by atoms with Crippen LogP contribution in [0, 0.1) is 12.7 Å². The molecule has 4 nitrogen and oxygen atoms in total. The van der Waals surface area contributed by atoms with E-state index in [9.17, 15) is 14.0 Å². The number of carbonyl (C=O) groups excluding carboxylic acids is 2. The highest BCUT2D eigenvalue weighted by atomic mass is 19.1. The Kier molecular flexibility index (Phi) is 3.98. The third kappa shape index (κ3) is 2.77. The molecule has 104 valence electrons. The molecule has 0 amide bonds. The summed E-state index contributed by atoms with van der Waals surface area (Å²) >= 11 is 0. The Morgan fingerprint density at radius 1 is 1.25 bits per heavy atom. The summed E-state index contributed by atoms with van der Waals surface area (Å²) < 4.78 is 23.3. The lowest BCUT2D eigenvalue weighted by atomic mass is 10.0. The van der Waals surface area contributed by atoms with Crippen LogP contribution in [-0.4, -0.2) is 18.7 Å². The first-order chi connectivity index (χ1) is 9.52. The molecule has 0 aliphatic rings. The van der Waals surface area contributed by atoms with E-state index >= 15 is 0 Å². The molecule has 5 heteroatoms. The fourth-order valence-electron chi connectivity index (χ4n) is 1.86. The Labute approximate surface area is 115 Å². The van der Waals surface area contributed by atoms with Crippen LogP contribution in [0.15, 0.2) is 34.9 Å². The van der Waals surface area contributed by atoms with Gasteiger partial charge in [0.2, 0.25) is 0 Å². The number of ether oxygens (including phenoxy) is 1. The number of carbonyl (C=O) groups is 2. The predicted octanol–water partition coefficient (Wildman–Crippen LogP) is 3.19. The number of benzene rings is 1. The Morgan fingerprint density at radius 3 is 2.55 bits per heavy atom. The van der Waals surface area contributed by atoms with Crippen LogP contribution in [-0.2, 0) is 0 Å². The SMILES string of the molecule is COc1ccc(C(=O)CC(=O)c2ccoc2C)cc1F. The maximum absolute atomic E-state index is 13.5. The van der Waals surface area contributed by atoms with Crippen molar-refractivity contribution in [3.05, 3.63) is 53.2 Å². The second kappa shape index (κ2) is 5.69. The Hall–Kier alpha value is -2.43. The Balaban J connectivity index is 2.14. The van der Waals surface area contributed by atoms with Gasteiger partial charge in [-0.1, -0.05) is 0 Å². The molecule has 1 aromatic carbocycles. The molecule has 2 aromatic rings. The third-order valence-corrected chi connectivity index (χ3v) is 2.95. The molecule has 1 heterocycles. The van der Waals surface area contributed by atoms with Gasteiger partial charge in [0, 0.05) is 5.56 Å². The molecule has 0 unspecified atom stereocenters. The van der Waals surface area contributed by atoms with Crippen LogP contribution in [0.4, 0.5) is 4.39 Å². The van der Waals surface area contributed by atoms with Crippen molar-refractivity contribution < 1.29 is 23.1 Å². The quantitative estimate of drug-likeness (QED) is 0.621. The van der Waals surface area contributed by atoms with Crippen molar-refractivity contribution in [3.63, 3.8) is 0 Å². The van der Waals surface area contributed by atoms with E-state index in [-0.39, 0.29) is 23.5 Å². The molecule has 0 aliphatic carbocycles. The first-order valence-corrected chi connectivity index (χ1v) is 5.97. The van der Waals surface area contributed by atoms with E-state index in [4.69, 9.17) is 9.15 Å². The Bertz CT molecular complexity index is 658. The molecular formula is C15H13FO4. The molecule has 0 N–H and O–H groups in total. The average Bonchev–Trinajstić information content (AvgIpc) is 2.84. The molecule has 0 saturated heterocycles. The normalized spacial score (nSPS) is 10.3. The van der Waals surface area contributed by atoms with Gasteiger partial charge in [-0.2, -0.15) is 0 Å². The maximum atomic E-state index is 13.5.